The van der Waals surface area contributed by atoms with Crippen molar-refractivity contribution in [3.63, 3.8) is 0 Å². The number of allylic oxidation sites excluding steroid dienone is 1. The number of nitrogens with zero attached hydrogens (tertiary/aromatic N) is 5. The number of likely N-dealkylation sites (tertiary alicyclic amines) is 1. The molecule has 9 heteroatoms. The summed E-state index contributed by atoms with van der Waals surface area (Å²) in [5, 5.41) is 13.6. The van der Waals surface area contributed by atoms with E-state index >= 15 is 0 Å². The van der Waals surface area contributed by atoms with Crippen molar-refractivity contribution in [2.45, 2.75) is 18.9 Å². The Balaban J connectivity index is 1.36. The summed E-state index contributed by atoms with van der Waals surface area (Å²) in [4.78, 5) is 15.9. The van der Waals surface area contributed by atoms with E-state index < -0.39 is 0 Å². The van der Waals surface area contributed by atoms with Crippen LogP contribution in [0.5, 0.6) is 5.75 Å². The number of piperidine rings is 1. The maximum Gasteiger partial charge on any atom is 0.182 e. The summed E-state index contributed by atoms with van der Waals surface area (Å²) in [6.45, 7) is 2.75. The highest BCUT2D eigenvalue weighted by atomic mass is 32.1. The molecule has 0 amide bonds. The Morgan fingerprint density at radius 3 is 2.80 bits per heavy atom. The molecule has 0 bridgehead atoms. The van der Waals surface area contributed by atoms with E-state index in [4.69, 9.17) is 4.74 Å². The Kier molecular flexibility index (Phi) is 5.89. The molecule has 0 unspecified atom stereocenters. The number of aliphatic hydroxyl groups is 1. The van der Waals surface area contributed by atoms with Crippen molar-refractivity contribution in [2.75, 3.05) is 38.6 Å². The van der Waals surface area contributed by atoms with Crippen molar-refractivity contribution in [2.24, 2.45) is 0 Å². The molecule has 0 atom stereocenters. The van der Waals surface area contributed by atoms with E-state index in [2.05, 4.69) is 55.8 Å². The van der Waals surface area contributed by atoms with Gasteiger partial charge in [-0.2, -0.15) is 0 Å². The van der Waals surface area contributed by atoms with Crippen LogP contribution in [-0.4, -0.2) is 75.1 Å². The summed E-state index contributed by atoms with van der Waals surface area (Å²) in [6, 6.07) is 10.3. The Labute approximate surface area is 207 Å². The van der Waals surface area contributed by atoms with E-state index in [1.807, 2.05) is 29.3 Å². The lowest BCUT2D eigenvalue weighted by molar-refractivity contribution is -0.423. The molecule has 2 aromatic carbocycles. The van der Waals surface area contributed by atoms with Gasteiger partial charge < -0.3 is 20.1 Å². The van der Waals surface area contributed by atoms with Gasteiger partial charge in [0.25, 0.3) is 0 Å². The Morgan fingerprint density at radius 1 is 1.14 bits per heavy atom. The summed E-state index contributed by atoms with van der Waals surface area (Å²) < 4.78 is 9.81. The van der Waals surface area contributed by atoms with Crippen LogP contribution in [0.25, 0.3) is 26.7 Å². The number of ether oxygens (including phenoxy) is 1. The normalized spacial score (nSPS) is 16.7. The van der Waals surface area contributed by atoms with E-state index in [-0.39, 0.29) is 12.7 Å². The minimum absolute atomic E-state index is 0.104. The molecule has 35 heavy (non-hydrogen) atoms. The van der Waals surface area contributed by atoms with E-state index in [0.29, 0.717) is 6.54 Å². The third-order valence-corrected chi connectivity index (χ3v) is 7.35. The molecule has 0 spiro atoms. The molecule has 6 rings (SSSR count). The molecule has 0 aliphatic carbocycles. The number of benzene rings is 2. The van der Waals surface area contributed by atoms with Crippen LogP contribution >= 0.6 is 11.3 Å². The smallest absolute Gasteiger partial charge is 0.182 e. The largest absolute Gasteiger partial charge is 0.489 e. The molecule has 0 saturated carbocycles. The third kappa shape index (κ3) is 4.50. The van der Waals surface area contributed by atoms with Crippen molar-refractivity contribution in [1.82, 2.24) is 19.9 Å². The van der Waals surface area contributed by atoms with Crippen molar-refractivity contribution in [3.05, 3.63) is 53.9 Å². The molecule has 1 fully saturated rings. The van der Waals surface area contributed by atoms with Crippen LogP contribution < -0.4 is 10.1 Å². The number of hydrogen-bond acceptors (Lipinski definition) is 8. The molecule has 178 valence electrons. The van der Waals surface area contributed by atoms with Crippen LogP contribution in [0.15, 0.2) is 48.4 Å². The van der Waals surface area contributed by atoms with E-state index in [0.717, 1.165) is 75.4 Å². The average molecular weight is 488 g/mol. The summed E-state index contributed by atoms with van der Waals surface area (Å²) in [5.41, 5.74) is 6.88. The minimum atomic E-state index is 0.104. The fourth-order valence-corrected chi connectivity index (χ4v) is 5.44. The van der Waals surface area contributed by atoms with Crippen LogP contribution in [0.4, 0.5) is 11.5 Å². The zero-order valence-electron chi connectivity index (χ0n) is 19.5. The quantitative estimate of drug-likeness (QED) is 0.383. The van der Waals surface area contributed by atoms with Crippen LogP contribution in [0, 0.1) is 0 Å². The van der Waals surface area contributed by atoms with Crippen molar-refractivity contribution < 1.29 is 14.4 Å². The maximum atomic E-state index is 9.26. The van der Waals surface area contributed by atoms with Crippen LogP contribution in [0.2, 0.25) is 0 Å². The predicted molar refractivity (Wildman–Crippen MR) is 140 cm³/mol. The second-order valence-electron chi connectivity index (χ2n) is 9.01. The van der Waals surface area contributed by atoms with Gasteiger partial charge in [-0.15, -0.1) is 11.3 Å². The van der Waals surface area contributed by atoms with Crippen LogP contribution in [0.3, 0.4) is 0 Å². The van der Waals surface area contributed by atoms with Crippen LogP contribution in [-0.2, 0) is 0 Å². The van der Waals surface area contributed by atoms with Gasteiger partial charge in [-0.05, 0) is 48.7 Å². The van der Waals surface area contributed by atoms with Crippen molar-refractivity contribution in [3.8, 4) is 5.75 Å². The molecular formula is C26H27N6O2S+. The fourth-order valence-electron chi connectivity index (χ4n) is 4.73. The highest BCUT2D eigenvalue weighted by molar-refractivity contribution is 7.16. The zero-order chi connectivity index (χ0) is 23.8. The molecule has 4 aromatic rings. The van der Waals surface area contributed by atoms with E-state index in [9.17, 15) is 5.11 Å². The lowest BCUT2D eigenvalue weighted by Gasteiger charge is -2.32. The van der Waals surface area contributed by atoms with Gasteiger partial charge in [0.05, 0.1) is 33.2 Å². The highest BCUT2D eigenvalue weighted by Gasteiger charge is 2.24. The molecule has 4 heterocycles. The SMILES string of the molecule is C[N+]1=CC(c2cc(OC3CCN(CCO)CC3)c3c(Nc4ccc5ncsc5c4)ncnc3c2)=C1. The monoisotopic (exact) mass is 487 g/mol. The Hall–Kier alpha value is -3.40. The lowest BCUT2D eigenvalue weighted by atomic mass is 10.0. The predicted octanol–water partition coefficient (Wildman–Crippen LogP) is 3.89. The van der Waals surface area contributed by atoms with Gasteiger partial charge in [0.2, 0.25) is 0 Å². The number of thiazole rings is 1. The van der Waals surface area contributed by atoms with Crippen molar-refractivity contribution in [1.29, 1.82) is 0 Å². The molecule has 2 aliphatic rings. The summed E-state index contributed by atoms with van der Waals surface area (Å²) in [7, 11) is 2.02. The minimum Gasteiger partial charge on any atom is -0.489 e. The first-order chi connectivity index (χ1) is 17.2. The van der Waals surface area contributed by atoms with Gasteiger partial charge in [0.15, 0.2) is 12.4 Å². The van der Waals surface area contributed by atoms with Gasteiger partial charge >= 0.3 is 0 Å². The molecule has 1 saturated heterocycles. The molecule has 8 nitrogen and oxygen atoms in total. The van der Waals surface area contributed by atoms with Gasteiger partial charge in [-0.25, -0.2) is 19.5 Å². The summed E-state index contributed by atoms with van der Waals surface area (Å²) in [5.74, 6) is 1.52. The topological polar surface area (TPSA) is 86.4 Å². The molecule has 2 N–H and O–H groups in total. The Morgan fingerprint density at radius 2 is 2.00 bits per heavy atom. The first-order valence-electron chi connectivity index (χ1n) is 11.8. The first-order valence-corrected chi connectivity index (χ1v) is 12.7. The highest BCUT2D eigenvalue weighted by Crippen LogP contribution is 2.37. The fraction of sp³-hybridized carbons (Fsp3) is 0.308. The number of rotatable bonds is 7. The van der Waals surface area contributed by atoms with Gasteiger partial charge in [-0.3, -0.25) is 0 Å². The molecule has 0 radical (unpaired) electrons. The maximum absolute atomic E-state index is 9.26. The van der Waals surface area contributed by atoms with Gasteiger partial charge in [-0.1, -0.05) is 0 Å². The number of hydrogen-bond donors (Lipinski definition) is 2. The number of fused-ring (bicyclic) bond motifs is 2. The number of aliphatic hydroxyl groups excluding tert-OH is 1. The average Bonchev–Trinajstić information content (AvgIpc) is 3.31. The van der Waals surface area contributed by atoms with Crippen molar-refractivity contribution >= 4 is 55.7 Å². The number of aromatic nitrogens is 3. The standard InChI is InChI=1S/C26H27N6O2S/c1-31-13-18(14-31)17-10-22-25(23(11-17)34-20-4-6-32(7-5-20)8-9-33)26(28-15-27-22)30-19-2-3-21-24(12-19)35-16-29-21/h2-3,10-16,20,33H,4-9H2,1H3,(H,27,28,30)/q+1. The van der Waals surface area contributed by atoms with E-state index in [1.165, 1.54) is 0 Å². The Bertz CT molecular complexity index is 1460. The number of β-amino-alcohol motifs (C(OH)–C–C–N with tert-alkyl or cyclic N) is 1. The molecular weight excluding hydrogens is 460 g/mol. The van der Waals surface area contributed by atoms with Crippen LogP contribution in [0.1, 0.15) is 18.4 Å². The first kappa shape index (κ1) is 22.1. The lowest BCUT2D eigenvalue weighted by Crippen LogP contribution is -2.39. The number of nitrogens with one attached hydrogen (secondary N) is 1. The molecule has 2 aliphatic heterocycles. The van der Waals surface area contributed by atoms with Gasteiger partial charge in [0, 0.05) is 25.3 Å². The summed E-state index contributed by atoms with van der Waals surface area (Å²) in [6.07, 6.45) is 7.74. The second kappa shape index (κ2) is 9.33. The van der Waals surface area contributed by atoms with Gasteiger partial charge in [0.1, 0.15) is 36.6 Å². The number of anilines is 2. The summed E-state index contributed by atoms with van der Waals surface area (Å²) >= 11 is 1.62. The zero-order valence-corrected chi connectivity index (χ0v) is 20.3. The van der Waals surface area contributed by atoms with E-state index in [1.54, 1.807) is 17.7 Å². The molecule has 2 aromatic heterocycles. The third-order valence-electron chi connectivity index (χ3n) is 6.56. The second-order valence-corrected chi connectivity index (χ2v) is 9.90.